The smallest absolute Gasteiger partial charge is 0.302 e. The minimum Gasteiger partial charge on any atom is -0.507 e. The zero-order valence-corrected chi connectivity index (χ0v) is 54.4. The van der Waals surface area contributed by atoms with E-state index in [1.807, 2.05) is 36.4 Å². The summed E-state index contributed by atoms with van der Waals surface area (Å²) in [4.78, 5) is 37.9. The molecule has 0 radical (unpaired) electrons. The predicted molar refractivity (Wildman–Crippen MR) is 335 cm³/mol. The third kappa shape index (κ3) is 28.7. The molecule has 0 atom stereocenters. The summed E-state index contributed by atoms with van der Waals surface area (Å²) >= 11 is 1.42. The summed E-state index contributed by atoms with van der Waals surface area (Å²) in [6.45, 7) is 3.83. The molecule has 490 valence electrons. The topological polar surface area (TPSA) is 448 Å². The van der Waals surface area contributed by atoms with Crippen LogP contribution < -0.4 is 17.2 Å². The normalized spacial score (nSPS) is 11.3. The second-order valence-electron chi connectivity index (χ2n) is 17.0. The minimum absolute atomic E-state index is 0.0222. The quantitative estimate of drug-likeness (QED) is 0.00485. The zero-order chi connectivity index (χ0) is 67.7. The molecule has 0 amide bonds. The highest BCUT2D eigenvalue weighted by atomic mass is 32.2. The number of phenolic OH excluding ortho intramolecular Hbond substituents is 2. The van der Waals surface area contributed by atoms with Crippen LogP contribution in [0.15, 0.2) is 167 Å². The Labute approximate surface area is 527 Å². The van der Waals surface area contributed by atoms with Gasteiger partial charge in [0, 0.05) is 48.0 Å². The number of para-hydroxylation sites is 1. The number of benzene rings is 7. The van der Waals surface area contributed by atoms with E-state index in [0.29, 0.717) is 39.1 Å². The number of aromatic hydroxyl groups is 2. The van der Waals surface area contributed by atoms with E-state index in [0.717, 1.165) is 50.7 Å². The average Bonchev–Trinajstić information content (AvgIpc) is 0.760. The number of phenols is 2. The monoisotopic (exact) mass is 1370 g/mol. The molecule has 0 heterocycles. The van der Waals surface area contributed by atoms with Crippen LogP contribution in [0.2, 0.25) is 0 Å². The number of rotatable bonds is 22. The first kappa shape index (κ1) is 78.1. The van der Waals surface area contributed by atoms with Crippen molar-refractivity contribution in [3.8, 4) is 11.5 Å². The van der Waals surface area contributed by atoms with Gasteiger partial charge in [-0.3, -0.25) is 18.0 Å². The Hall–Kier alpha value is -7.95. The molecule has 0 bridgehead atoms. The first-order valence-electron chi connectivity index (χ1n) is 25.0. The van der Waals surface area contributed by atoms with Gasteiger partial charge in [-0.15, -0.1) is 18.9 Å². The van der Waals surface area contributed by atoms with Gasteiger partial charge in [-0.25, -0.2) is 26.6 Å². The molecular weight excluding hydrogens is 1310 g/mol. The number of aldehydes is 1. The van der Waals surface area contributed by atoms with Crippen molar-refractivity contribution in [3.05, 3.63) is 127 Å². The number of hydrogen-bond acceptors (Lipinski definition) is 32. The van der Waals surface area contributed by atoms with Gasteiger partial charge in [0.05, 0.1) is 96.3 Å². The Morgan fingerprint density at radius 2 is 1.01 bits per heavy atom. The molecule has 0 aromatic heterocycles. The van der Waals surface area contributed by atoms with E-state index < -0.39 is 57.6 Å². The Morgan fingerprint density at radius 1 is 0.567 bits per heavy atom. The highest BCUT2D eigenvalue weighted by Gasteiger charge is 2.27. The molecule has 0 saturated heterocycles. The number of nitrogens with zero attached hydrogens (tertiary/aromatic N) is 4. The molecule has 0 aliphatic rings. The first-order valence-corrected chi connectivity index (χ1v) is 33.4. The Morgan fingerprint density at radius 3 is 1.43 bits per heavy atom. The lowest BCUT2D eigenvalue weighted by Gasteiger charge is -2.15. The predicted octanol–water partition coefficient (Wildman–Crippen LogP) is 9.45. The summed E-state index contributed by atoms with van der Waals surface area (Å²) in [7, 11) is -9.62. The van der Waals surface area contributed by atoms with E-state index in [-0.39, 0.29) is 78.7 Å². The molecule has 8 N–H and O–H groups in total. The van der Waals surface area contributed by atoms with Crippen LogP contribution in [0.4, 0.5) is 39.8 Å². The molecule has 30 nitrogen and oxygen atoms in total. The van der Waals surface area contributed by atoms with Crippen molar-refractivity contribution in [3.63, 3.8) is 0 Å². The molecule has 0 saturated carbocycles. The minimum atomic E-state index is -4.29. The van der Waals surface area contributed by atoms with Gasteiger partial charge < -0.3 is 41.7 Å². The lowest BCUT2D eigenvalue weighted by atomic mass is 10.1. The number of anilines is 3. The van der Waals surface area contributed by atoms with E-state index in [1.54, 1.807) is 60.7 Å². The highest BCUT2D eigenvalue weighted by Crippen LogP contribution is 2.50. The number of sulfone groups is 2. The third-order valence-corrected chi connectivity index (χ3v) is 15.6. The van der Waals surface area contributed by atoms with Crippen LogP contribution in [0.1, 0.15) is 20.8 Å². The molecule has 0 spiro atoms. The zero-order valence-electron chi connectivity index (χ0n) is 49.5. The summed E-state index contributed by atoms with van der Waals surface area (Å²) in [6, 6.07) is 35.2. The van der Waals surface area contributed by atoms with Crippen LogP contribution >= 0.6 is 24.1 Å². The fourth-order valence-electron chi connectivity index (χ4n) is 6.30. The summed E-state index contributed by atoms with van der Waals surface area (Å²) in [5, 5.41) is 47.6. The van der Waals surface area contributed by atoms with E-state index in [9.17, 15) is 53.5 Å². The second-order valence-corrected chi connectivity index (χ2v) is 26.5. The van der Waals surface area contributed by atoms with Crippen molar-refractivity contribution in [1.29, 1.82) is 0 Å². The van der Waals surface area contributed by atoms with Gasteiger partial charge in [-0.1, -0.05) is 64.7 Å². The van der Waals surface area contributed by atoms with Gasteiger partial charge in [-0.05, 0) is 90.5 Å². The number of esters is 2. The summed E-state index contributed by atoms with van der Waals surface area (Å²) in [6.07, 6.45) is 2.94. The molecular formula is C54H65N7O23S6. The maximum atomic E-state index is 12.8. The number of azo groups is 2. The van der Waals surface area contributed by atoms with Crippen molar-refractivity contribution in [2.45, 2.75) is 40.4 Å². The van der Waals surface area contributed by atoms with Gasteiger partial charge in [0.25, 0.3) is 20.2 Å². The van der Waals surface area contributed by atoms with E-state index >= 15 is 0 Å². The van der Waals surface area contributed by atoms with Gasteiger partial charge >= 0.3 is 11.9 Å². The van der Waals surface area contributed by atoms with Crippen molar-refractivity contribution in [2.24, 2.45) is 20.5 Å². The van der Waals surface area contributed by atoms with Crippen LogP contribution in [0.5, 0.6) is 11.5 Å². The highest BCUT2D eigenvalue weighted by molar-refractivity contribution is 7.95. The number of fused-ring (bicyclic) bond motifs is 2. The lowest BCUT2D eigenvalue weighted by molar-refractivity contribution is -0.447. The number of hydrogen-bond donors (Lipinski definition) is 5. The number of carbonyl (C=O) groups is 3. The van der Waals surface area contributed by atoms with Crippen LogP contribution in [0, 0.1) is 0 Å². The Kier molecular flexibility index (Phi) is 34.1. The largest absolute Gasteiger partial charge is 0.507 e. The molecule has 7 rings (SSSR count). The van der Waals surface area contributed by atoms with E-state index in [1.165, 1.54) is 65.3 Å². The first-order chi connectivity index (χ1) is 42.4. The van der Waals surface area contributed by atoms with Crippen molar-refractivity contribution < 1.29 is 105 Å². The third-order valence-electron chi connectivity index (χ3n) is 10.1. The molecule has 0 aliphatic heterocycles. The van der Waals surface area contributed by atoms with Gasteiger partial charge in [0.2, 0.25) is 0 Å². The SMILES string of the molecule is CC(=O)OCCS(C)(=O)=O.CC(=O)OCCS(C)(=O)=O.CC=O.COOOSc1cc(O)c2c(N)cc(S(=O)(=O)OC)cc2c1.COOOSc1cc2cc(S(=O)(=O)OC)c(N=Nc3ccccc3)c(N)c2c(O)c1N=Nc1ccccc1.Nc1ccccc1. The summed E-state index contributed by atoms with van der Waals surface area (Å²) in [5.41, 5.74) is 19.1. The van der Waals surface area contributed by atoms with Crippen LogP contribution in [-0.2, 0) is 101 Å². The van der Waals surface area contributed by atoms with Gasteiger partial charge in [-0.2, -0.15) is 27.1 Å². The van der Waals surface area contributed by atoms with Gasteiger partial charge in [0.1, 0.15) is 41.5 Å². The van der Waals surface area contributed by atoms with Crippen LogP contribution in [-0.4, -0.2) is 128 Å². The summed E-state index contributed by atoms with van der Waals surface area (Å²) < 4.78 is 118. The lowest BCUT2D eigenvalue weighted by Crippen LogP contribution is -2.12. The standard InChI is InChI=1S/C24H21N5O7S2.C12H13NO7S2.C6H7N.2C5H10O4S.C2H4O/c1-33-35-36-37-18-13-15-14-19(38(31,32)34-2)23(29-27-17-11-7-4-8-12-17)21(25)20(15)24(30)22(18)28-26-16-9-5-3-6-10-16;1-17-19-20-21-8-3-7-4-9(22(15,16)18-2)6-10(13)12(7)11(14)5-8;7-6-4-2-1-3-5-6;2*1-5(6)9-3-4-10(2,7)8;1-2-3/h3-14,30H,25H2,1-2H3;3-6,14H,13H2,1-2H3;1-5H,7H2;2*3-4H2,1-2H3;2H,1H3. The number of carbonyl (C=O) groups excluding carboxylic acids is 3. The number of nitrogens with two attached hydrogens (primary N) is 3. The molecule has 0 aliphatic carbocycles. The van der Waals surface area contributed by atoms with Gasteiger partial charge in [0.15, 0.2) is 25.4 Å². The molecule has 36 heteroatoms. The average molecular weight is 1370 g/mol. The van der Waals surface area contributed by atoms with Crippen LogP contribution in [0.3, 0.4) is 0 Å². The number of nitrogen functional groups attached to an aromatic ring is 3. The molecule has 0 unspecified atom stereocenters. The maximum Gasteiger partial charge on any atom is 0.302 e. The fraction of sp³-hybridized carbons (Fsp3) is 0.241. The van der Waals surface area contributed by atoms with Crippen molar-refractivity contribution >= 4 is 144 Å². The van der Waals surface area contributed by atoms with Crippen LogP contribution in [0.25, 0.3) is 21.5 Å². The maximum absolute atomic E-state index is 12.8. The Balaban J connectivity index is 0.000000443. The Bertz CT molecular complexity index is 3940. The summed E-state index contributed by atoms with van der Waals surface area (Å²) in [5.74, 6) is -1.65. The van der Waals surface area contributed by atoms with Crippen molar-refractivity contribution in [1.82, 2.24) is 0 Å². The second kappa shape index (κ2) is 39.2. The number of ether oxygens (including phenoxy) is 2. The van der Waals surface area contributed by atoms with Crippen molar-refractivity contribution in [2.75, 3.05) is 82.9 Å². The fourth-order valence-corrected chi connectivity index (χ4v) is 9.70. The molecule has 0 fully saturated rings. The molecule has 7 aromatic carbocycles. The molecule has 7 aromatic rings. The van der Waals surface area contributed by atoms with E-state index in [4.69, 9.17) is 30.5 Å². The van der Waals surface area contributed by atoms with E-state index in [2.05, 4.69) is 58.3 Å². The molecule has 90 heavy (non-hydrogen) atoms.